The van der Waals surface area contributed by atoms with Gasteiger partial charge < -0.3 is 15.0 Å². The summed E-state index contributed by atoms with van der Waals surface area (Å²) >= 11 is 0. The number of carbonyl (C=O) groups excluding carboxylic acids is 1. The van der Waals surface area contributed by atoms with E-state index in [1.165, 1.54) is 6.42 Å². The molecular weight excluding hydrogens is 228 g/mol. The highest BCUT2D eigenvalue weighted by Gasteiger charge is 2.26. The summed E-state index contributed by atoms with van der Waals surface area (Å²) in [4.78, 5) is 14.3. The van der Waals surface area contributed by atoms with E-state index in [2.05, 4.69) is 12.2 Å². The van der Waals surface area contributed by atoms with Gasteiger partial charge in [-0.15, -0.1) is 0 Å². The SMILES string of the molecule is CC1CC(NC(C)C(=O)N2CCCCC2)CCO1. The lowest BCUT2D eigenvalue weighted by Gasteiger charge is -2.33. The Hall–Kier alpha value is -0.610. The highest BCUT2D eigenvalue weighted by atomic mass is 16.5. The number of amides is 1. The fraction of sp³-hybridized carbons (Fsp3) is 0.929. The third-order valence-electron chi connectivity index (χ3n) is 4.01. The van der Waals surface area contributed by atoms with Crippen LogP contribution in [0.5, 0.6) is 0 Å². The highest BCUT2D eigenvalue weighted by Crippen LogP contribution is 2.15. The average molecular weight is 254 g/mol. The maximum absolute atomic E-state index is 12.3. The molecule has 3 atom stereocenters. The Kier molecular flexibility index (Phi) is 5.01. The van der Waals surface area contributed by atoms with Gasteiger partial charge in [0.2, 0.25) is 5.91 Å². The van der Waals surface area contributed by atoms with E-state index in [1.807, 2.05) is 11.8 Å². The van der Waals surface area contributed by atoms with Gasteiger partial charge in [0.25, 0.3) is 0 Å². The molecule has 2 heterocycles. The van der Waals surface area contributed by atoms with Crippen molar-refractivity contribution >= 4 is 5.91 Å². The Bertz CT molecular complexity index is 277. The van der Waals surface area contributed by atoms with Crippen LogP contribution in [0.4, 0.5) is 0 Å². The monoisotopic (exact) mass is 254 g/mol. The molecule has 2 saturated heterocycles. The molecule has 3 unspecified atom stereocenters. The third-order valence-corrected chi connectivity index (χ3v) is 4.01. The molecule has 2 fully saturated rings. The van der Waals surface area contributed by atoms with Crippen LogP contribution in [0.1, 0.15) is 46.0 Å². The molecule has 4 nitrogen and oxygen atoms in total. The van der Waals surface area contributed by atoms with E-state index in [-0.39, 0.29) is 11.9 Å². The van der Waals surface area contributed by atoms with Crippen LogP contribution in [0.15, 0.2) is 0 Å². The van der Waals surface area contributed by atoms with Gasteiger partial charge in [-0.3, -0.25) is 4.79 Å². The zero-order valence-corrected chi connectivity index (χ0v) is 11.7. The quantitative estimate of drug-likeness (QED) is 0.831. The van der Waals surface area contributed by atoms with Crippen LogP contribution in [-0.4, -0.2) is 48.7 Å². The van der Waals surface area contributed by atoms with E-state index in [9.17, 15) is 4.79 Å². The van der Waals surface area contributed by atoms with Crippen molar-refractivity contribution in [3.8, 4) is 0 Å². The van der Waals surface area contributed by atoms with Crippen molar-refractivity contribution < 1.29 is 9.53 Å². The number of ether oxygens (including phenoxy) is 1. The fourth-order valence-corrected chi connectivity index (χ4v) is 2.96. The number of nitrogens with one attached hydrogen (secondary N) is 1. The summed E-state index contributed by atoms with van der Waals surface area (Å²) in [5.41, 5.74) is 0. The Labute approximate surface area is 110 Å². The van der Waals surface area contributed by atoms with Gasteiger partial charge in [0.05, 0.1) is 12.1 Å². The molecule has 2 aliphatic heterocycles. The average Bonchev–Trinajstić information content (AvgIpc) is 2.39. The molecule has 0 bridgehead atoms. The second-order valence-electron chi connectivity index (χ2n) is 5.68. The number of likely N-dealkylation sites (tertiary alicyclic amines) is 1. The maximum Gasteiger partial charge on any atom is 0.239 e. The van der Waals surface area contributed by atoms with Gasteiger partial charge in [0, 0.05) is 25.7 Å². The van der Waals surface area contributed by atoms with Crippen LogP contribution in [-0.2, 0) is 9.53 Å². The first-order chi connectivity index (χ1) is 8.66. The van der Waals surface area contributed by atoms with Gasteiger partial charge in [-0.05, 0) is 46.0 Å². The fourth-order valence-electron chi connectivity index (χ4n) is 2.96. The Morgan fingerprint density at radius 2 is 2.06 bits per heavy atom. The van der Waals surface area contributed by atoms with Crippen molar-refractivity contribution in [1.82, 2.24) is 10.2 Å². The second-order valence-corrected chi connectivity index (χ2v) is 5.68. The van der Waals surface area contributed by atoms with Crippen molar-refractivity contribution in [1.29, 1.82) is 0 Å². The largest absolute Gasteiger partial charge is 0.378 e. The van der Waals surface area contributed by atoms with Crippen molar-refractivity contribution in [3.05, 3.63) is 0 Å². The van der Waals surface area contributed by atoms with Crippen molar-refractivity contribution in [2.24, 2.45) is 0 Å². The first kappa shape index (κ1) is 13.8. The molecule has 0 saturated carbocycles. The number of rotatable bonds is 3. The molecule has 1 N–H and O–H groups in total. The number of hydrogen-bond acceptors (Lipinski definition) is 3. The van der Waals surface area contributed by atoms with Crippen LogP contribution in [0.25, 0.3) is 0 Å². The van der Waals surface area contributed by atoms with Gasteiger partial charge in [0.1, 0.15) is 0 Å². The normalized spacial score (nSPS) is 31.1. The molecule has 18 heavy (non-hydrogen) atoms. The van der Waals surface area contributed by atoms with Crippen molar-refractivity contribution in [2.45, 2.75) is 64.1 Å². The van der Waals surface area contributed by atoms with E-state index in [0.717, 1.165) is 45.4 Å². The minimum atomic E-state index is -0.0570. The maximum atomic E-state index is 12.3. The van der Waals surface area contributed by atoms with Crippen LogP contribution in [0.2, 0.25) is 0 Å². The first-order valence-electron chi connectivity index (χ1n) is 7.33. The topological polar surface area (TPSA) is 41.6 Å². The summed E-state index contributed by atoms with van der Waals surface area (Å²) in [6, 6.07) is 0.371. The zero-order valence-electron chi connectivity index (χ0n) is 11.7. The third kappa shape index (κ3) is 3.69. The molecule has 0 aliphatic carbocycles. The summed E-state index contributed by atoms with van der Waals surface area (Å²) in [5.74, 6) is 0.272. The smallest absolute Gasteiger partial charge is 0.239 e. The Balaban J connectivity index is 1.79. The predicted octanol–water partition coefficient (Wildman–Crippen LogP) is 1.54. The molecule has 0 radical (unpaired) electrons. The zero-order chi connectivity index (χ0) is 13.0. The van der Waals surface area contributed by atoms with Crippen LogP contribution < -0.4 is 5.32 Å². The van der Waals surface area contributed by atoms with E-state index < -0.39 is 0 Å². The minimum absolute atomic E-state index is 0.0570. The summed E-state index contributed by atoms with van der Waals surface area (Å²) < 4.78 is 5.53. The lowest BCUT2D eigenvalue weighted by molar-refractivity contribution is -0.134. The van der Waals surface area contributed by atoms with Gasteiger partial charge in [-0.2, -0.15) is 0 Å². The molecule has 0 aromatic carbocycles. The van der Waals surface area contributed by atoms with Crippen LogP contribution in [0.3, 0.4) is 0 Å². The summed E-state index contributed by atoms with van der Waals surface area (Å²) in [7, 11) is 0. The summed E-state index contributed by atoms with van der Waals surface area (Å²) in [6.07, 6.45) is 5.93. The van der Waals surface area contributed by atoms with Gasteiger partial charge in [0.15, 0.2) is 0 Å². The first-order valence-corrected chi connectivity index (χ1v) is 7.33. The Morgan fingerprint density at radius 3 is 2.72 bits per heavy atom. The molecule has 2 aliphatic rings. The molecule has 0 aromatic heterocycles. The molecule has 0 aromatic rings. The highest BCUT2D eigenvalue weighted by molar-refractivity contribution is 5.81. The minimum Gasteiger partial charge on any atom is -0.378 e. The van der Waals surface area contributed by atoms with Gasteiger partial charge in [-0.25, -0.2) is 0 Å². The summed E-state index contributed by atoms with van der Waals surface area (Å²) in [5, 5.41) is 3.48. The van der Waals surface area contributed by atoms with E-state index in [4.69, 9.17) is 4.74 Å². The van der Waals surface area contributed by atoms with E-state index >= 15 is 0 Å². The van der Waals surface area contributed by atoms with Crippen LogP contribution in [0, 0.1) is 0 Å². The Morgan fingerprint density at radius 1 is 1.33 bits per heavy atom. The lowest BCUT2D eigenvalue weighted by atomic mass is 10.0. The van der Waals surface area contributed by atoms with E-state index in [0.29, 0.717) is 12.1 Å². The van der Waals surface area contributed by atoms with Crippen molar-refractivity contribution in [3.63, 3.8) is 0 Å². The van der Waals surface area contributed by atoms with Crippen molar-refractivity contribution in [2.75, 3.05) is 19.7 Å². The standard InChI is InChI=1S/C14H26N2O2/c1-11-10-13(6-9-18-11)15-12(2)14(17)16-7-4-3-5-8-16/h11-13,15H,3-10H2,1-2H3. The number of nitrogens with zero attached hydrogens (tertiary/aromatic N) is 1. The number of carbonyl (C=O) groups is 1. The number of hydrogen-bond donors (Lipinski definition) is 1. The molecule has 0 spiro atoms. The molecule has 4 heteroatoms. The summed E-state index contributed by atoms with van der Waals surface area (Å²) in [6.45, 7) is 6.79. The second kappa shape index (κ2) is 6.53. The van der Waals surface area contributed by atoms with Crippen LogP contribution >= 0.6 is 0 Å². The molecule has 104 valence electrons. The number of piperidine rings is 1. The van der Waals surface area contributed by atoms with Gasteiger partial charge in [-0.1, -0.05) is 0 Å². The van der Waals surface area contributed by atoms with Gasteiger partial charge >= 0.3 is 0 Å². The molecule has 1 amide bonds. The predicted molar refractivity (Wildman–Crippen MR) is 71.5 cm³/mol. The lowest BCUT2D eigenvalue weighted by Crippen LogP contribution is -2.51. The molecular formula is C14H26N2O2. The van der Waals surface area contributed by atoms with E-state index in [1.54, 1.807) is 0 Å². The molecule has 2 rings (SSSR count).